The summed E-state index contributed by atoms with van der Waals surface area (Å²) >= 11 is 0. The van der Waals surface area contributed by atoms with Gasteiger partial charge in [0.05, 0.1) is 6.54 Å². The molecule has 2 N–H and O–H groups in total. The fraction of sp³-hybridized carbons (Fsp3) is 0.864. The third kappa shape index (κ3) is 6.43. The highest BCUT2D eigenvalue weighted by atomic mass is 15.3. The van der Waals surface area contributed by atoms with Crippen LogP contribution in [0.2, 0.25) is 0 Å². The number of hydrogen-bond acceptors (Lipinski definition) is 4. The Morgan fingerprint density at radius 3 is 2.55 bits per heavy atom. The lowest BCUT2D eigenvalue weighted by atomic mass is 9.99. The first kappa shape index (κ1) is 22.1. The van der Waals surface area contributed by atoms with Crippen LogP contribution in [0.3, 0.4) is 0 Å². The Morgan fingerprint density at radius 2 is 1.76 bits per heavy atom. The van der Waals surface area contributed by atoms with E-state index in [-0.39, 0.29) is 5.54 Å². The molecule has 164 valence electrons. The molecule has 0 aliphatic carbocycles. The highest BCUT2D eigenvalue weighted by Gasteiger charge is 2.27. The standard InChI is InChI=1S/C22H41N7/c1-4-23-21(25-18-22(2,3)28-15-8-6-9-16-28)24-14-11-13-20-27-26-19-12-7-5-10-17-29(19)20/h4-18H2,1-3H3,(H2,23,24,25). The summed E-state index contributed by atoms with van der Waals surface area (Å²) in [5.74, 6) is 3.26. The van der Waals surface area contributed by atoms with Gasteiger partial charge in [-0.15, -0.1) is 10.2 Å². The molecule has 7 nitrogen and oxygen atoms in total. The summed E-state index contributed by atoms with van der Waals surface area (Å²) in [5.41, 5.74) is 0.113. The maximum absolute atomic E-state index is 4.90. The molecule has 2 aliphatic rings. The Bertz CT molecular complexity index is 644. The van der Waals surface area contributed by atoms with Gasteiger partial charge in [0.15, 0.2) is 5.96 Å². The van der Waals surface area contributed by atoms with Crippen LogP contribution in [0.1, 0.15) is 77.4 Å². The van der Waals surface area contributed by atoms with Crippen molar-refractivity contribution in [3.63, 3.8) is 0 Å². The first-order chi connectivity index (χ1) is 14.1. The number of hydrogen-bond donors (Lipinski definition) is 2. The summed E-state index contributed by atoms with van der Waals surface area (Å²) in [6.07, 6.45) is 10.9. The van der Waals surface area contributed by atoms with Crippen LogP contribution >= 0.6 is 0 Å². The molecule has 0 atom stereocenters. The number of fused-ring (bicyclic) bond motifs is 1. The molecule has 0 unspecified atom stereocenters. The van der Waals surface area contributed by atoms with Crippen molar-refractivity contribution >= 4 is 5.96 Å². The van der Waals surface area contributed by atoms with Crippen molar-refractivity contribution in [2.45, 2.75) is 90.6 Å². The summed E-state index contributed by atoms with van der Waals surface area (Å²) in [7, 11) is 0. The molecule has 1 aromatic rings. The lowest BCUT2D eigenvalue weighted by molar-refractivity contribution is 0.102. The zero-order chi connectivity index (χ0) is 20.5. The van der Waals surface area contributed by atoms with E-state index < -0.39 is 0 Å². The molecule has 29 heavy (non-hydrogen) atoms. The number of aliphatic imine (C=N–C) groups is 1. The van der Waals surface area contributed by atoms with Crippen LogP contribution < -0.4 is 10.6 Å². The SMILES string of the molecule is CCNC(=NCC(C)(C)N1CCCCC1)NCCCc1nnc2n1CCCCC2. The molecule has 0 bridgehead atoms. The van der Waals surface area contributed by atoms with Gasteiger partial charge in [0.1, 0.15) is 11.6 Å². The summed E-state index contributed by atoms with van der Waals surface area (Å²) in [4.78, 5) is 7.49. The van der Waals surface area contributed by atoms with E-state index in [1.54, 1.807) is 0 Å². The van der Waals surface area contributed by atoms with Crippen LogP contribution in [0.4, 0.5) is 0 Å². The molecule has 0 radical (unpaired) electrons. The van der Waals surface area contributed by atoms with Crippen LogP contribution in [-0.2, 0) is 19.4 Å². The van der Waals surface area contributed by atoms with Gasteiger partial charge in [-0.1, -0.05) is 12.8 Å². The van der Waals surface area contributed by atoms with Gasteiger partial charge in [0.25, 0.3) is 0 Å². The molecule has 1 aromatic heterocycles. The maximum atomic E-state index is 4.90. The van der Waals surface area contributed by atoms with Gasteiger partial charge in [-0.3, -0.25) is 9.89 Å². The second-order valence-electron chi connectivity index (χ2n) is 9.08. The topological polar surface area (TPSA) is 70.4 Å². The van der Waals surface area contributed by atoms with E-state index in [0.29, 0.717) is 0 Å². The quantitative estimate of drug-likeness (QED) is 0.397. The molecule has 2 aliphatic heterocycles. The molecular weight excluding hydrogens is 362 g/mol. The van der Waals surface area contributed by atoms with Crippen molar-refractivity contribution in [1.29, 1.82) is 0 Å². The Hall–Kier alpha value is -1.63. The van der Waals surface area contributed by atoms with Crippen molar-refractivity contribution in [3.8, 4) is 0 Å². The zero-order valence-corrected chi connectivity index (χ0v) is 18.8. The highest BCUT2D eigenvalue weighted by Crippen LogP contribution is 2.20. The number of nitrogens with zero attached hydrogens (tertiary/aromatic N) is 5. The number of aryl methyl sites for hydroxylation is 2. The van der Waals surface area contributed by atoms with E-state index in [9.17, 15) is 0 Å². The lowest BCUT2D eigenvalue weighted by Crippen LogP contribution is -2.49. The maximum Gasteiger partial charge on any atom is 0.191 e. The zero-order valence-electron chi connectivity index (χ0n) is 18.8. The molecule has 0 aromatic carbocycles. The molecule has 3 rings (SSSR count). The van der Waals surface area contributed by atoms with Crippen LogP contribution in [0.15, 0.2) is 4.99 Å². The lowest BCUT2D eigenvalue weighted by Gasteiger charge is -2.40. The second kappa shape index (κ2) is 11.0. The molecular formula is C22H41N7. The largest absolute Gasteiger partial charge is 0.357 e. The molecule has 7 heteroatoms. The fourth-order valence-electron chi connectivity index (χ4n) is 4.40. The van der Waals surface area contributed by atoms with Gasteiger partial charge in [-0.05, 0) is 66.0 Å². The van der Waals surface area contributed by atoms with Gasteiger partial charge in [-0.25, -0.2) is 0 Å². The van der Waals surface area contributed by atoms with E-state index in [1.807, 2.05) is 0 Å². The predicted octanol–water partition coefficient (Wildman–Crippen LogP) is 2.76. The van der Waals surface area contributed by atoms with Crippen molar-refractivity contribution in [3.05, 3.63) is 11.6 Å². The monoisotopic (exact) mass is 403 g/mol. The smallest absolute Gasteiger partial charge is 0.191 e. The first-order valence-electron chi connectivity index (χ1n) is 11.8. The van der Waals surface area contributed by atoms with Gasteiger partial charge in [0.2, 0.25) is 0 Å². The number of nitrogens with one attached hydrogen (secondary N) is 2. The van der Waals surface area contributed by atoms with E-state index in [4.69, 9.17) is 4.99 Å². The number of rotatable bonds is 8. The highest BCUT2D eigenvalue weighted by molar-refractivity contribution is 5.79. The molecule has 0 spiro atoms. The summed E-state index contributed by atoms with van der Waals surface area (Å²) in [6, 6.07) is 0. The minimum absolute atomic E-state index is 0.113. The third-order valence-electron chi connectivity index (χ3n) is 6.24. The third-order valence-corrected chi connectivity index (χ3v) is 6.24. The van der Waals surface area contributed by atoms with E-state index >= 15 is 0 Å². The van der Waals surface area contributed by atoms with E-state index in [1.165, 1.54) is 57.4 Å². The molecule has 0 saturated carbocycles. The summed E-state index contributed by atoms with van der Waals surface area (Å²) in [5, 5.41) is 15.8. The molecule has 0 amide bonds. The van der Waals surface area contributed by atoms with Crippen LogP contribution in [0.25, 0.3) is 0 Å². The number of guanidine groups is 1. The molecule has 1 saturated heterocycles. The van der Waals surface area contributed by atoms with Crippen molar-refractivity contribution in [1.82, 2.24) is 30.3 Å². The van der Waals surface area contributed by atoms with Crippen LogP contribution in [0.5, 0.6) is 0 Å². The average molecular weight is 404 g/mol. The minimum Gasteiger partial charge on any atom is -0.357 e. The summed E-state index contributed by atoms with van der Waals surface area (Å²) < 4.78 is 2.35. The normalized spacial score (nSPS) is 18.9. The Kier molecular flexibility index (Phi) is 8.33. The second-order valence-corrected chi connectivity index (χ2v) is 9.08. The van der Waals surface area contributed by atoms with Crippen molar-refractivity contribution in [2.24, 2.45) is 4.99 Å². The Balaban J connectivity index is 1.46. The molecule has 1 fully saturated rings. The van der Waals surface area contributed by atoms with Crippen LogP contribution in [-0.4, -0.2) is 63.9 Å². The van der Waals surface area contributed by atoms with Gasteiger partial charge in [0, 0.05) is 38.0 Å². The number of aromatic nitrogens is 3. The Morgan fingerprint density at radius 1 is 1.00 bits per heavy atom. The van der Waals surface area contributed by atoms with E-state index in [2.05, 4.69) is 51.1 Å². The minimum atomic E-state index is 0.113. The van der Waals surface area contributed by atoms with Gasteiger partial charge in [-0.2, -0.15) is 0 Å². The number of piperidine rings is 1. The van der Waals surface area contributed by atoms with Crippen molar-refractivity contribution < 1.29 is 0 Å². The average Bonchev–Trinajstić information content (AvgIpc) is 2.95. The number of likely N-dealkylation sites (tertiary alicyclic amines) is 1. The van der Waals surface area contributed by atoms with Crippen LogP contribution in [0, 0.1) is 0 Å². The fourth-order valence-corrected chi connectivity index (χ4v) is 4.40. The molecule has 3 heterocycles. The Labute approximate surface area is 176 Å². The van der Waals surface area contributed by atoms with E-state index in [0.717, 1.165) is 57.2 Å². The van der Waals surface area contributed by atoms with Gasteiger partial charge < -0.3 is 15.2 Å². The predicted molar refractivity (Wildman–Crippen MR) is 119 cm³/mol. The van der Waals surface area contributed by atoms with Crippen molar-refractivity contribution in [2.75, 3.05) is 32.7 Å². The first-order valence-corrected chi connectivity index (χ1v) is 11.8. The summed E-state index contributed by atoms with van der Waals surface area (Å²) in [6.45, 7) is 12.9. The van der Waals surface area contributed by atoms with Gasteiger partial charge >= 0.3 is 0 Å².